The smallest absolute Gasteiger partial charge is 0.211 e. The Bertz CT molecular complexity index is 434. The topological polar surface area (TPSA) is 49.4 Å². The van der Waals surface area contributed by atoms with Gasteiger partial charge in [0.25, 0.3) is 0 Å². The predicted octanol–water partition coefficient (Wildman–Crippen LogP) is 2.46. The van der Waals surface area contributed by atoms with E-state index in [1.165, 1.54) is 38.4 Å². The summed E-state index contributed by atoms with van der Waals surface area (Å²) >= 11 is 0. The Morgan fingerprint density at radius 1 is 1.29 bits per heavy atom. The van der Waals surface area contributed by atoms with Crippen LogP contribution in [0.15, 0.2) is 0 Å². The summed E-state index contributed by atoms with van der Waals surface area (Å²) in [4.78, 5) is 0. The number of hydrogen-bond acceptors (Lipinski definition) is 3. The van der Waals surface area contributed by atoms with Crippen LogP contribution in [0, 0.1) is 17.3 Å². The first-order chi connectivity index (χ1) is 9.85. The Hall–Kier alpha value is -0.130. The molecule has 4 nitrogen and oxygen atoms in total. The van der Waals surface area contributed by atoms with E-state index in [9.17, 15) is 8.42 Å². The molecular formula is C16H32N2O2S. The van der Waals surface area contributed by atoms with E-state index in [2.05, 4.69) is 19.2 Å². The first-order valence-electron chi connectivity index (χ1n) is 8.51. The van der Waals surface area contributed by atoms with Gasteiger partial charge in [0.05, 0.1) is 6.26 Å². The molecule has 0 aromatic heterocycles. The van der Waals surface area contributed by atoms with Crippen molar-refractivity contribution >= 4 is 10.0 Å². The van der Waals surface area contributed by atoms with Crippen LogP contribution in [0.2, 0.25) is 0 Å². The van der Waals surface area contributed by atoms with Gasteiger partial charge in [0.1, 0.15) is 0 Å². The van der Waals surface area contributed by atoms with Crippen LogP contribution in [0.5, 0.6) is 0 Å². The number of nitrogens with zero attached hydrogens (tertiary/aromatic N) is 1. The number of rotatable bonds is 8. The van der Waals surface area contributed by atoms with Crippen LogP contribution < -0.4 is 5.32 Å². The average molecular weight is 317 g/mol. The molecule has 124 valence electrons. The minimum atomic E-state index is -3.02. The Kier molecular flexibility index (Phi) is 5.71. The van der Waals surface area contributed by atoms with Crippen LogP contribution in [-0.2, 0) is 10.0 Å². The molecule has 2 atom stereocenters. The molecule has 5 heteroatoms. The maximum atomic E-state index is 11.8. The van der Waals surface area contributed by atoms with E-state index in [4.69, 9.17) is 0 Å². The van der Waals surface area contributed by atoms with Crippen molar-refractivity contribution in [3.63, 3.8) is 0 Å². The maximum Gasteiger partial charge on any atom is 0.211 e. The maximum absolute atomic E-state index is 11.8. The molecule has 2 fully saturated rings. The molecule has 1 N–H and O–H groups in total. The van der Waals surface area contributed by atoms with E-state index in [1.54, 1.807) is 4.31 Å². The fourth-order valence-electron chi connectivity index (χ4n) is 3.87. The summed E-state index contributed by atoms with van der Waals surface area (Å²) in [6.07, 6.45) is 8.59. The van der Waals surface area contributed by atoms with Gasteiger partial charge in [-0.15, -0.1) is 0 Å². The minimum Gasteiger partial charge on any atom is -0.316 e. The summed E-state index contributed by atoms with van der Waals surface area (Å²) in [6, 6.07) is 0. The van der Waals surface area contributed by atoms with Gasteiger partial charge in [-0.3, -0.25) is 0 Å². The lowest BCUT2D eigenvalue weighted by Crippen LogP contribution is -2.43. The second kappa shape index (κ2) is 6.97. The fraction of sp³-hybridized carbons (Fsp3) is 1.00. The molecule has 1 aliphatic carbocycles. The standard InChI is InChI=1S/C16H32N2O2S/c1-4-9-17-13-16(2,15-7-8-15)11-14-6-5-10-18(12-14)21(3,19)20/h14-15,17H,4-13H2,1-3H3. The molecule has 1 saturated carbocycles. The van der Waals surface area contributed by atoms with Gasteiger partial charge in [-0.05, 0) is 62.3 Å². The van der Waals surface area contributed by atoms with Crippen molar-refractivity contribution in [3.05, 3.63) is 0 Å². The van der Waals surface area contributed by atoms with E-state index < -0.39 is 10.0 Å². The van der Waals surface area contributed by atoms with Crippen LogP contribution >= 0.6 is 0 Å². The van der Waals surface area contributed by atoms with Gasteiger partial charge in [-0.1, -0.05) is 13.8 Å². The quantitative estimate of drug-likeness (QED) is 0.700. The van der Waals surface area contributed by atoms with Gasteiger partial charge < -0.3 is 5.32 Å². The Morgan fingerprint density at radius 2 is 2.00 bits per heavy atom. The summed E-state index contributed by atoms with van der Waals surface area (Å²) in [6.45, 7) is 8.22. The number of hydrogen-bond donors (Lipinski definition) is 1. The molecule has 0 aromatic rings. The summed E-state index contributed by atoms with van der Waals surface area (Å²) in [5, 5.41) is 3.60. The van der Waals surface area contributed by atoms with Gasteiger partial charge in [-0.2, -0.15) is 0 Å². The highest BCUT2D eigenvalue weighted by Crippen LogP contribution is 2.49. The third-order valence-corrected chi connectivity index (χ3v) is 6.49. The molecule has 0 bridgehead atoms. The van der Waals surface area contributed by atoms with E-state index in [-0.39, 0.29) is 0 Å². The minimum absolute atomic E-state index is 0.348. The van der Waals surface area contributed by atoms with Gasteiger partial charge in [-0.25, -0.2) is 12.7 Å². The lowest BCUT2D eigenvalue weighted by Gasteiger charge is -2.38. The molecule has 2 rings (SSSR count). The molecule has 0 aromatic carbocycles. The molecule has 2 aliphatic rings. The van der Waals surface area contributed by atoms with Crippen molar-refractivity contribution in [2.24, 2.45) is 17.3 Å². The molecule has 1 aliphatic heterocycles. The highest BCUT2D eigenvalue weighted by molar-refractivity contribution is 7.88. The summed E-state index contributed by atoms with van der Waals surface area (Å²) in [5.41, 5.74) is 0.348. The molecule has 1 heterocycles. The highest BCUT2D eigenvalue weighted by Gasteiger charge is 2.43. The van der Waals surface area contributed by atoms with Crippen molar-refractivity contribution in [2.45, 2.75) is 52.4 Å². The van der Waals surface area contributed by atoms with E-state index in [0.717, 1.165) is 32.0 Å². The Labute approximate surface area is 130 Å². The Morgan fingerprint density at radius 3 is 2.57 bits per heavy atom. The zero-order chi connectivity index (χ0) is 15.5. The number of sulfonamides is 1. The zero-order valence-electron chi connectivity index (χ0n) is 13.9. The van der Waals surface area contributed by atoms with Crippen LogP contribution in [0.3, 0.4) is 0 Å². The van der Waals surface area contributed by atoms with Crippen LogP contribution in [0.4, 0.5) is 0 Å². The van der Waals surface area contributed by atoms with Crippen molar-refractivity contribution in [1.82, 2.24) is 9.62 Å². The Balaban J connectivity index is 1.93. The number of piperidine rings is 1. The molecule has 0 amide bonds. The van der Waals surface area contributed by atoms with E-state index in [0.29, 0.717) is 17.9 Å². The molecule has 0 spiro atoms. The first-order valence-corrected chi connectivity index (χ1v) is 10.4. The molecule has 21 heavy (non-hydrogen) atoms. The van der Waals surface area contributed by atoms with Crippen molar-refractivity contribution in [1.29, 1.82) is 0 Å². The molecular weight excluding hydrogens is 284 g/mol. The SMILES string of the molecule is CCCNCC(C)(CC1CCCN(S(C)(=O)=O)C1)C1CC1. The average Bonchev–Trinajstić information content (AvgIpc) is 3.23. The third kappa shape index (κ3) is 4.93. The lowest BCUT2D eigenvalue weighted by molar-refractivity contribution is 0.152. The zero-order valence-corrected chi connectivity index (χ0v) is 14.7. The highest BCUT2D eigenvalue weighted by atomic mass is 32.2. The largest absolute Gasteiger partial charge is 0.316 e. The number of nitrogens with one attached hydrogen (secondary N) is 1. The van der Waals surface area contributed by atoms with Crippen molar-refractivity contribution in [2.75, 3.05) is 32.4 Å². The normalized spacial score (nSPS) is 27.5. The molecule has 2 unspecified atom stereocenters. The third-order valence-electron chi connectivity index (χ3n) is 5.22. The summed E-state index contributed by atoms with van der Waals surface area (Å²) in [7, 11) is -3.02. The van der Waals surface area contributed by atoms with E-state index in [1.807, 2.05) is 0 Å². The summed E-state index contributed by atoms with van der Waals surface area (Å²) < 4.78 is 25.2. The summed E-state index contributed by atoms with van der Waals surface area (Å²) in [5.74, 6) is 1.37. The van der Waals surface area contributed by atoms with Crippen molar-refractivity contribution < 1.29 is 8.42 Å². The van der Waals surface area contributed by atoms with Crippen LogP contribution in [0.1, 0.15) is 52.4 Å². The van der Waals surface area contributed by atoms with Gasteiger partial charge in [0.2, 0.25) is 10.0 Å². The molecule has 1 saturated heterocycles. The van der Waals surface area contributed by atoms with E-state index >= 15 is 0 Å². The second-order valence-corrected chi connectivity index (χ2v) is 9.42. The lowest BCUT2D eigenvalue weighted by atomic mass is 9.75. The predicted molar refractivity (Wildman–Crippen MR) is 87.7 cm³/mol. The van der Waals surface area contributed by atoms with Gasteiger partial charge in [0, 0.05) is 19.6 Å². The first kappa shape index (κ1) is 17.2. The molecule has 0 radical (unpaired) electrons. The van der Waals surface area contributed by atoms with Gasteiger partial charge in [0.15, 0.2) is 0 Å². The fourth-order valence-corrected chi connectivity index (χ4v) is 4.81. The van der Waals surface area contributed by atoms with Crippen LogP contribution in [0.25, 0.3) is 0 Å². The monoisotopic (exact) mass is 316 g/mol. The van der Waals surface area contributed by atoms with Crippen LogP contribution in [-0.4, -0.2) is 45.2 Å². The van der Waals surface area contributed by atoms with Crippen molar-refractivity contribution in [3.8, 4) is 0 Å². The second-order valence-electron chi connectivity index (χ2n) is 7.44. The van der Waals surface area contributed by atoms with Gasteiger partial charge >= 0.3 is 0 Å².